The number of pyridine rings is 1. The topological polar surface area (TPSA) is 79.7 Å². The number of benzene rings is 1. The number of rotatable bonds is 6. The van der Waals surface area contributed by atoms with Gasteiger partial charge < -0.3 is 14.7 Å². The third-order valence-electron chi connectivity index (χ3n) is 4.62. The number of carbonyl (C=O) groups excluding carboxylic acids is 1. The van der Waals surface area contributed by atoms with E-state index in [0.717, 1.165) is 42.9 Å². The van der Waals surface area contributed by atoms with Crippen LogP contribution in [0.15, 0.2) is 42.5 Å². The molecule has 0 radical (unpaired) electrons. The number of carbonyl (C=O) groups is 2. The Kier molecular flexibility index (Phi) is 5.63. The van der Waals surface area contributed by atoms with Crippen LogP contribution >= 0.6 is 0 Å². The van der Waals surface area contributed by atoms with E-state index in [0.29, 0.717) is 5.92 Å². The lowest BCUT2D eigenvalue weighted by molar-refractivity contribution is -0.134. The van der Waals surface area contributed by atoms with Gasteiger partial charge in [0.2, 0.25) is 5.91 Å². The molecule has 1 N–H and O–H groups in total. The number of hydrogen-bond donors (Lipinski definition) is 1. The minimum atomic E-state index is -0.949. The highest BCUT2D eigenvalue weighted by Gasteiger charge is 2.26. The normalized spacial score (nSPS) is 16.7. The molecule has 26 heavy (non-hydrogen) atoms. The number of nitrogens with zero attached hydrogens (tertiary/aromatic N) is 2. The number of aromatic carboxylic acids is 1. The largest absolute Gasteiger partial charge is 0.478 e. The smallest absolute Gasteiger partial charge is 0.335 e. The van der Waals surface area contributed by atoms with Crippen LogP contribution in [-0.4, -0.2) is 53.7 Å². The van der Waals surface area contributed by atoms with E-state index < -0.39 is 5.97 Å². The van der Waals surface area contributed by atoms with Gasteiger partial charge in [-0.1, -0.05) is 18.2 Å². The van der Waals surface area contributed by atoms with Crippen molar-refractivity contribution in [1.82, 2.24) is 9.88 Å². The summed E-state index contributed by atoms with van der Waals surface area (Å²) in [5.74, 6) is -0.541. The second-order valence-electron chi connectivity index (χ2n) is 6.53. The van der Waals surface area contributed by atoms with Crippen LogP contribution in [0.2, 0.25) is 0 Å². The van der Waals surface area contributed by atoms with E-state index in [1.807, 2.05) is 29.2 Å². The molecule has 1 aliphatic rings. The summed E-state index contributed by atoms with van der Waals surface area (Å²) in [5, 5.41) is 9.15. The van der Waals surface area contributed by atoms with E-state index in [1.165, 1.54) is 7.11 Å². The van der Waals surface area contributed by atoms with Crippen molar-refractivity contribution in [2.75, 3.05) is 26.8 Å². The Morgan fingerprint density at radius 1 is 1.27 bits per heavy atom. The van der Waals surface area contributed by atoms with Crippen molar-refractivity contribution in [3.8, 4) is 11.3 Å². The fourth-order valence-corrected chi connectivity index (χ4v) is 3.30. The van der Waals surface area contributed by atoms with Crippen molar-refractivity contribution >= 4 is 11.9 Å². The van der Waals surface area contributed by atoms with Crippen molar-refractivity contribution in [1.29, 1.82) is 0 Å². The lowest BCUT2D eigenvalue weighted by atomic mass is 10.0. The SMILES string of the molecule is COCC(=O)N1CC[C@H](Cc2cccc(-c3cccc(C(=O)O)c3)n2)C1. The number of aromatic nitrogens is 1. The molecule has 6 nitrogen and oxygen atoms in total. The van der Waals surface area contributed by atoms with Crippen molar-refractivity contribution in [3.63, 3.8) is 0 Å². The van der Waals surface area contributed by atoms with Gasteiger partial charge in [-0.05, 0) is 43.0 Å². The fraction of sp³-hybridized carbons (Fsp3) is 0.350. The minimum absolute atomic E-state index is 0.0298. The molecule has 1 aromatic heterocycles. The van der Waals surface area contributed by atoms with E-state index in [2.05, 4.69) is 0 Å². The molecule has 1 fully saturated rings. The van der Waals surface area contributed by atoms with E-state index >= 15 is 0 Å². The molecule has 0 bridgehead atoms. The molecule has 0 aliphatic carbocycles. The number of carboxylic acid groups (broad SMARTS) is 1. The second-order valence-corrected chi connectivity index (χ2v) is 6.53. The van der Waals surface area contributed by atoms with Gasteiger partial charge in [0.1, 0.15) is 6.61 Å². The number of methoxy groups -OCH3 is 1. The Morgan fingerprint density at radius 3 is 2.85 bits per heavy atom. The maximum absolute atomic E-state index is 11.9. The van der Waals surface area contributed by atoms with Crippen LogP contribution < -0.4 is 0 Å². The van der Waals surface area contributed by atoms with Crippen molar-refractivity contribution in [3.05, 3.63) is 53.7 Å². The second kappa shape index (κ2) is 8.10. The first-order chi connectivity index (χ1) is 12.6. The predicted molar refractivity (Wildman–Crippen MR) is 96.9 cm³/mol. The lowest BCUT2D eigenvalue weighted by Crippen LogP contribution is -2.31. The molecular weight excluding hydrogens is 332 g/mol. The van der Waals surface area contributed by atoms with Gasteiger partial charge in [-0.3, -0.25) is 9.78 Å². The lowest BCUT2D eigenvalue weighted by Gasteiger charge is -2.16. The standard InChI is InChI=1S/C20H22N2O4/c1-26-13-19(23)22-9-8-14(12-22)10-17-6-3-7-18(21-17)15-4-2-5-16(11-15)20(24)25/h2-7,11,14H,8-10,12-13H2,1H3,(H,24,25)/t14-/m1/s1. The van der Waals surface area contributed by atoms with Crippen LogP contribution in [0, 0.1) is 5.92 Å². The monoisotopic (exact) mass is 354 g/mol. The van der Waals surface area contributed by atoms with Crippen molar-refractivity contribution < 1.29 is 19.4 Å². The Hall–Kier alpha value is -2.73. The molecule has 1 aromatic carbocycles. The zero-order valence-electron chi connectivity index (χ0n) is 14.7. The molecule has 2 aromatic rings. The van der Waals surface area contributed by atoms with Crippen LogP contribution in [0.4, 0.5) is 0 Å². The maximum Gasteiger partial charge on any atom is 0.335 e. The fourth-order valence-electron chi connectivity index (χ4n) is 3.30. The molecule has 3 rings (SSSR count). The van der Waals surface area contributed by atoms with E-state index in [-0.39, 0.29) is 18.1 Å². The molecule has 1 amide bonds. The molecule has 0 unspecified atom stereocenters. The van der Waals surface area contributed by atoms with E-state index in [9.17, 15) is 9.59 Å². The molecule has 0 spiro atoms. The Labute approximate surface area is 152 Å². The molecule has 0 saturated carbocycles. The van der Waals surface area contributed by atoms with Crippen LogP contribution in [0.5, 0.6) is 0 Å². The van der Waals surface area contributed by atoms with Crippen LogP contribution in [0.25, 0.3) is 11.3 Å². The zero-order valence-corrected chi connectivity index (χ0v) is 14.7. The zero-order chi connectivity index (χ0) is 18.5. The van der Waals surface area contributed by atoms with Gasteiger partial charge in [0, 0.05) is 31.5 Å². The summed E-state index contributed by atoms with van der Waals surface area (Å²) in [6.45, 7) is 1.61. The first-order valence-electron chi connectivity index (χ1n) is 8.63. The summed E-state index contributed by atoms with van der Waals surface area (Å²) >= 11 is 0. The minimum Gasteiger partial charge on any atom is -0.478 e. The molecule has 1 aliphatic heterocycles. The van der Waals surface area contributed by atoms with Crippen LogP contribution in [0.3, 0.4) is 0 Å². The summed E-state index contributed by atoms with van der Waals surface area (Å²) in [7, 11) is 1.53. The Morgan fingerprint density at radius 2 is 2.08 bits per heavy atom. The molecule has 6 heteroatoms. The van der Waals surface area contributed by atoms with Gasteiger partial charge in [-0.15, -0.1) is 0 Å². The molecular formula is C20H22N2O4. The maximum atomic E-state index is 11.9. The summed E-state index contributed by atoms with van der Waals surface area (Å²) in [6.07, 6.45) is 1.75. The van der Waals surface area contributed by atoms with Crippen LogP contribution in [-0.2, 0) is 16.0 Å². The van der Waals surface area contributed by atoms with Gasteiger partial charge in [-0.2, -0.15) is 0 Å². The first-order valence-corrected chi connectivity index (χ1v) is 8.63. The highest BCUT2D eigenvalue weighted by atomic mass is 16.5. The molecule has 1 saturated heterocycles. The number of ether oxygens (including phenoxy) is 1. The van der Waals surface area contributed by atoms with E-state index in [1.54, 1.807) is 18.2 Å². The summed E-state index contributed by atoms with van der Waals surface area (Å²) in [6, 6.07) is 12.6. The van der Waals surface area contributed by atoms with Crippen molar-refractivity contribution in [2.24, 2.45) is 5.92 Å². The van der Waals surface area contributed by atoms with Gasteiger partial charge in [0.05, 0.1) is 11.3 Å². The van der Waals surface area contributed by atoms with Crippen LogP contribution in [0.1, 0.15) is 22.5 Å². The number of amides is 1. The van der Waals surface area contributed by atoms with Gasteiger partial charge >= 0.3 is 5.97 Å². The highest BCUT2D eigenvalue weighted by molar-refractivity contribution is 5.89. The van der Waals surface area contributed by atoms with Gasteiger partial charge in [-0.25, -0.2) is 4.79 Å². The summed E-state index contributed by atoms with van der Waals surface area (Å²) < 4.78 is 4.92. The third kappa shape index (κ3) is 4.26. The molecule has 2 heterocycles. The van der Waals surface area contributed by atoms with Gasteiger partial charge in [0.25, 0.3) is 0 Å². The predicted octanol–water partition coefficient (Wildman–Crippen LogP) is 2.48. The first kappa shape index (κ1) is 18.1. The number of carboxylic acids is 1. The number of hydrogen-bond acceptors (Lipinski definition) is 4. The van der Waals surface area contributed by atoms with Gasteiger partial charge in [0.15, 0.2) is 0 Å². The Bertz CT molecular complexity index is 806. The van der Waals surface area contributed by atoms with E-state index in [4.69, 9.17) is 14.8 Å². The number of likely N-dealkylation sites (tertiary alicyclic amines) is 1. The summed E-state index contributed by atoms with van der Waals surface area (Å²) in [5.41, 5.74) is 2.75. The third-order valence-corrected chi connectivity index (χ3v) is 4.62. The summed E-state index contributed by atoms with van der Waals surface area (Å²) in [4.78, 5) is 29.6. The van der Waals surface area contributed by atoms with Crippen molar-refractivity contribution in [2.45, 2.75) is 12.8 Å². The molecule has 1 atom stereocenters. The Balaban J connectivity index is 1.70. The average molecular weight is 354 g/mol. The average Bonchev–Trinajstić information content (AvgIpc) is 3.11. The molecule has 136 valence electrons. The highest BCUT2D eigenvalue weighted by Crippen LogP contribution is 2.23. The quantitative estimate of drug-likeness (QED) is 0.862.